The maximum Gasteiger partial charge on any atom is 0.349 e. The third-order valence-corrected chi connectivity index (χ3v) is 3.03. The number of aliphatic hydroxyl groups excluding tert-OH is 2. The van der Waals surface area contributed by atoms with Gasteiger partial charge in [-0.25, -0.2) is 4.79 Å². The van der Waals surface area contributed by atoms with Gasteiger partial charge in [0.2, 0.25) is 5.78 Å². The summed E-state index contributed by atoms with van der Waals surface area (Å²) in [5, 5.41) is 18.5. The van der Waals surface area contributed by atoms with Gasteiger partial charge in [0.05, 0.1) is 13.2 Å². The molecule has 0 saturated heterocycles. The Balaban J connectivity index is 5.70. The number of hydrogen-bond acceptors (Lipinski definition) is 7. The number of hydrogen-bond donors (Lipinski definition) is 2. The van der Waals surface area contributed by atoms with Crippen molar-refractivity contribution in [1.29, 1.82) is 0 Å². The second kappa shape index (κ2) is 9.02. The molecule has 0 aromatic carbocycles. The molecule has 0 bridgehead atoms. The molecule has 0 radical (unpaired) electrons. The van der Waals surface area contributed by atoms with Crippen LogP contribution in [0.15, 0.2) is 0 Å². The summed E-state index contributed by atoms with van der Waals surface area (Å²) in [5.74, 6) is -1.90. The lowest BCUT2D eigenvalue weighted by Gasteiger charge is -2.35. The fraction of sp³-hybridized carbons (Fsp3) is 0.846. The van der Waals surface area contributed by atoms with E-state index in [4.69, 9.17) is 19.3 Å². The zero-order valence-corrected chi connectivity index (χ0v) is 12.4. The molecule has 7 nitrogen and oxygen atoms in total. The van der Waals surface area contributed by atoms with Crippen LogP contribution in [0.25, 0.3) is 0 Å². The number of Topliss-reactive ketones (excluding diaryl/α,β-unsaturated/α-hetero) is 1. The maximum absolute atomic E-state index is 12.3. The largest absolute Gasteiger partial charge is 0.463 e. The highest BCUT2D eigenvalue weighted by molar-refractivity contribution is 6.10. The number of carbonyl (C=O) groups excluding carboxylic acids is 2. The molecule has 0 aliphatic carbocycles. The van der Waals surface area contributed by atoms with E-state index in [1.165, 1.54) is 14.2 Å². The van der Waals surface area contributed by atoms with E-state index in [9.17, 15) is 14.7 Å². The number of esters is 1. The predicted molar refractivity (Wildman–Crippen MR) is 70.2 cm³/mol. The van der Waals surface area contributed by atoms with E-state index < -0.39 is 36.2 Å². The van der Waals surface area contributed by atoms with E-state index in [1.54, 1.807) is 6.92 Å². The molecule has 2 N–H and O–H groups in total. The average molecular weight is 292 g/mol. The van der Waals surface area contributed by atoms with Gasteiger partial charge in [0.15, 0.2) is 0 Å². The third kappa shape index (κ3) is 3.76. The van der Waals surface area contributed by atoms with E-state index in [-0.39, 0.29) is 6.61 Å². The van der Waals surface area contributed by atoms with Gasteiger partial charge in [0.25, 0.3) is 5.60 Å². The lowest BCUT2D eigenvalue weighted by molar-refractivity contribution is -0.195. The number of ether oxygens (including phenoxy) is 3. The maximum atomic E-state index is 12.3. The number of rotatable bonds is 10. The average Bonchev–Trinajstić information content (AvgIpc) is 2.46. The lowest BCUT2D eigenvalue weighted by atomic mass is 9.85. The second-order valence-electron chi connectivity index (χ2n) is 4.24. The summed E-state index contributed by atoms with van der Waals surface area (Å²) in [6.45, 7) is 2.68. The molecule has 118 valence electrons. The molecule has 3 unspecified atom stereocenters. The van der Waals surface area contributed by atoms with Crippen molar-refractivity contribution >= 4 is 11.8 Å². The highest BCUT2D eigenvalue weighted by Gasteiger charge is 2.56. The topological polar surface area (TPSA) is 102 Å². The van der Waals surface area contributed by atoms with Crippen LogP contribution in [0.1, 0.15) is 26.7 Å². The van der Waals surface area contributed by atoms with Crippen LogP contribution in [0.3, 0.4) is 0 Å². The van der Waals surface area contributed by atoms with E-state index in [0.29, 0.717) is 12.8 Å². The molecule has 3 atom stereocenters. The number of ketones is 1. The second-order valence-corrected chi connectivity index (χ2v) is 4.24. The van der Waals surface area contributed by atoms with Crippen molar-refractivity contribution in [1.82, 2.24) is 0 Å². The minimum atomic E-state index is -2.08. The van der Waals surface area contributed by atoms with Crippen LogP contribution in [0, 0.1) is 0 Å². The SMILES string of the molecule is CCCC(OC)C(OC)(C(=O)OCC)C(=O)C(O)CO. The molecule has 0 aromatic rings. The fourth-order valence-electron chi connectivity index (χ4n) is 2.02. The molecule has 20 heavy (non-hydrogen) atoms. The number of methoxy groups -OCH3 is 2. The quantitative estimate of drug-likeness (QED) is 0.420. The number of carbonyl (C=O) groups is 2. The monoisotopic (exact) mass is 292 g/mol. The molecular weight excluding hydrogens is 268 g/mol. The van der Waals surface area contributed by atoms with Gasteiger partial charge >= 0.3 is 5.97 Å². The molecule has 0 rings (SSSR count). The molecule has 7 heteroatoms. The standard InChI is InChI=1S/C13H24O7/c1-5-7-10(18-3)13(19-4,12(17)20-6-2)11(16)9(15)8-14/h9-10,14-15H,5-8H2,1-4H3. The summed E-state index contributed by atoms with van der Waals surface area (Å²) in [4.78, 5) is 24.5. The summed E-state index contributed by atoms with van der Waals surface area (Å²) in [7, 11) is 2.51. The van der Waals surface area contributed by atoms with Crippen molar-refractivity contribution < 1.29 is 34.0 Å². The number of aliphatic hydroxyl groups is 2. The molecule has 0 aliphatic rings. The highest BCUT2D eigenvalue weighted by atomic mass is 16.6. The fourth-order valence-corrected chi connectivity index (χ4v) is 2.02. The Labute approximate surface area is 118 Å². The first kappa shape index (κ1) is 19.0. The van der Waals surface area contributed by atoms with Crippen molar-refractivity contribution in [3.63, 3.8) is 0 Å². The first-order valence-corrected chi connectivity index (χ1v) is 6.54. The van der Waals surface area contributed by atoms with Crippen molar-refractivity contribution in [3.05, 3.63) is 0 Å². The Morgan fingerprint density at radius 2 is 1.85 bits per heavy atom. The molecule has 0 spiro atoms. The summed E-state index contributed by atoms with van der Waals surface area (Å²) in [5.41, 5.74) is -2.08. The Morgan fingerprint density at radius 1 is 1.25 bits per heavy atom. The Bertz CT molecular complexity index is 318. The first-order valence-electron chi connectivity index (χ1n) is 6.54. The minimum absolute atomic E-state index is 0.0506. The Kier molecular flexibility index (Phi) is 8.56. The van der Waals surface area contributed by atoms with Crippen molar-refractivity contribution in [2.24, 2.45) is 0 Å². The Hall–Kier alpha value is -1.02. The third-order valence-electron chi connectivity index (χ3n) is 3.03. The van der Waals surface area contributed by atoms with Crippen LogP contribution in [0.5, 0.6) is 0 Å². The van der Waals surface area contributed by atoms with Crippen molar-refractivity contribution in [2.75, 3.05) is 27.4 Å². The van der Waals surface area contributed by atoms with E-state index in [0.717, 1.165) is 0 Å². The van der Waals surface area contributed by atoms with Crippen LogP contribution in [0.4, 0.5) is 0 Å². The van der Waals surface area contributed by atoms with Gasteiger partial charge in [-0.1, -0.05) is 13.3 Å². The van der Waals surface area contributed by atoms with Crippen LogP contribution < -0.4 is 0 Å². The van der Waals surface area contributed by atoms with Crippen LogP contribution in [-0.4, -0.2) is 67.2 Å². The summed E-state index contributed by atoms with van der Waals surface area (Å²) < 4.78 is 15.2. The van der Waals surface area contributed by atoms with Gasteiger partial charge in [-0.2, -0.15) is 0 Å². The summed E-state index contributed by atoms with van der Waals surface area (Å²) >= 11 is 0. The van der Waals surface area contributed by atoms with Gasteiger partial charge in [-0.15, -0.1) is 0 Å². The molecular formula is C13H24O7. The minimum Gasteiger partial charge on any atom is -0.463 e. The Morgan fingerprint density at radius 3 is 2.20 bits per heavy atom. The summed E-state index contributed by atoms with van der Waals surface area (Å²) in [6.07, 6.45) is -1.67. The predicted octanol–water partition coefficient (Wildman–Crippen LogP) is -0.328. The van der Waals surface area contributed by atoms with E-state index in [2.05, 4.69) is 0 Å². The van der Waals surface area contributed by atoms with Crippen LogP contribution >= 0.6 is 0 Å². The molecule has 0 amide bonds. The molecule has 0 aromatic heterocycles. The molecule has 0 heterocycles. The van der Waals surface area contributed by atoms with Gasteiger partial charge in [-0.05, 0) is 13.3 Å². The van der Waals surface area contributed by atoms with Crippen molar-refractivity contribution in [2.45, 2.75) is 44.5 Å². The van der Waals surface area contributed by atoms with Gasteiger partial charge in [0.1, 0.15) is 12.2 Å². The van der Waals surface area contributed by atoms with Gasteiger partial charge in [0, 0.05) is 14.2 Å². The molecule has 0 aliphatic heterocycles. The van der Waals surface area contributed by atoms with Crippen molar-refractivity contribution in [3.8, 4) is 0 Å². The van der Waals surface area contributed by atoms with E-state index >= 15 is 0 Å². The molecule has 0 fully saturated rings. The normalized spacial score (nSPS) is 17.1. The van der Waals surface area contributed by atoms with Crippen LogP contribution in [-0.2, 0) is 23.8 Å². The van der Waals surface area contributed by atoms with E-state index in [1.807, 2.05) is 6.92 Å². The smallest absolute Gasteiger partial charge is 0.349 e. The van der Waals surface area contributed by atoms with Gasteiger partial charge in [-0.3, -0.25) is 4.79 Å². The summed E-state index contributed by atoms with van der Waals surface area (Å²) in [6, 6.07) is 0. The van der Waals surface area contributed by atoms with Crippen LogP contribution in [0.2, 0.25) is 0 Å². The molecule has 0 saturated carbocycles. The lowest BCUT2D eigenvalue weighted by Crippen LogP contribution is -2.62. The highest BCUT2D eigenvalue weighted by Crippen LogP contribution is 2.27. The van der Waals surface area contributed by atoms with Gasteiger partial charge < -0.3 is 24.4 Å². The zero-order valence-electron chi connectivity index (χ0n) is 12.4. The first-order chi connectivity index (χ1) is 9.45. The zero-order chi connectivity index (χ0) is 15.8.